The van der Waals surface area contributed by atoms with Gasteiger partial charge in [-0.1, -0.05) is 41.5 Å². The van der Waals surface area contributed by atoms with Crippen molar-refractivity contribution in [1.29, 1.82) is 0 Å². The van der Waals surface area contributed by atoms with E-state index in [1.165, 1.54) is 5.57 Å². The largest absolute Gasteiger partial charge is 0.444 e. The molecule has 0 saturated heterocycles. The molecular formula is C21H29NO3. The van der Waals surface area contributed by atoms with Crippen molar-refractivity contribution < 1.29 is 14.3 Å². The second-order valence-electron chi connectivity index (χ2n) is 7.83. The van der Waals surface area contributed by atoms with Gasteiger partial charge >= 0.3 is 6.09 Å². The van der Waals surface area contributed by atoms with Gasteiger partial charge in [-0.25, -0.2) is 4.79 Å². The normalized spacial score (nSPS) is 22.4. The number of rotatable bonds is 2. The second-order valence-corrected chi connectivity index (χ2v) is 7.83. The maximum Gasteiger partial charge on any atom is 0.410 e. The fourth-order valence-corrected chi connectivity index (χ4v) is 2.96. The molecular weight excluding hydrogens is 314 g/mol. The van der Waals surface area contributed by atoms with Crippen LogP contribution >= 0.6 is 0 Å². The van der Waals surface area contributed by atoms with Crippen LogP contribution in [0, 0.1) is 0 Å². The third kappa shape index (κ3) is 5.45. The highest BCUT2D eigenvalue weighted by molar-refractivity contribution is 5.89. The van der Waals surface area contributed by atoms with Crippen LogP contribution in [0.5, 0.6) is 0 Å². The van der Waals surface area contributed by atoms with Crippen LogP contribution in [0.3, 0.4) is 0 Å². The van der Waals surface area contributed by atoms with Crippen molar-refractivity contribution in [2.24, 2.45) is 0 Å². The lowest BCUT2D eigenvalue weighted by Gasteiger charge is -2.34. The number of carbonyl (C=O) groups excluding carboxylic acids is 2. The summed E-state index contributed by atoms with van der Waals surface area (Å²) in [6.45, 7) is 10.1. The highest BCUT2D eigenvalue weighted by atomic mass is 16.6. The van der Waals surface area contributed by atoms with Crippen LogP contribution < -0.4 is 0 Å². The maximum absolute atomic E-state index is 12.9. The third-order valence-electron chi connectivity index (χ3n) is 4.54. The molecule has 1 aliphatic heterocycles. The lowest BCUT2D eigenvalue weighted by molar-refractivity contribution is -0.123. The molecule has 0 aromatic heterocycles. The molecule has 0 unspecified atom stereocenters. The van der Waals surface area contributed by atoms with E-state index in [4.69, 9.17) is 4.74 Å². The third-order valence-corrected chi connectivity index (χ3v) is 4.54. The van der Waals surface area contributed by atoms with Crippen molar-refractivity contribution >= 4 is 11.9 Å². The van der Waals surface area contributed by atoms with E-state index < -0.39 is 17.7 Å². The van der Waals surface area contributed by atoms with Gasteiger partial charge in [0.15, 0.2) is 5.78 Å². The lowest BCUT2D eigenvalue weighted by Crippen LogP contribution is -2.49. The fraction of sp³-hybridized carbons (Fsp3) is 0.524. The van der Waals surface area contributed by atoms with Gasteiger partial charge in [0.05, 0.1) is 6.04 Å². The van der Waals surface area contributed by atoms with E-state index in [0.717, 1.165) is 17.6 Å². The average molecular weight is 343 g/mol. The smallest absolute Gasteiger partial charge is 0.410 e. The molecule has 1 amide bonds. The molecule has 0 saturated carbocycles. The van der Waals surface area contributed by atoms with Gasteiger partial charge in [0.2, 0.25) is 0 Å². The van der Waals surface area contributed by atoms with Crippen molar-refractivity contribution in [3.63, 3.8) is 0 Å². The molecule has 0 N–H and O–H groups in total. The van der Waals surface area contributed by atoms with E-state index in [9.17, 15) is 9.59 Å². The first-order chi connectivity index (χ1) is 11.7. The lowest BCUT2D eigenvalue weighted by atomic mass is 9.92. The summed E-state index contributed by atoms with van der Waals surface area (Å²) in [6.07, 6.45) is 1.27. The van der Waals surface area contributed by atoms with Crippen LogP contribution in [0.1, 0.15) is 53.0 Å². The van der Waals surface area contributed by atoms with Crippen molar-refractivity contribution in [3.8, 4) is 0 Å². The molecule has 1 atom stereocenters. The monoisotopic (exact) mass is 343 g/mol. The molecule has 2 rings (SSSR count). The van der Waals surface area contributed by atoms with Crippen molar-refractivity contribution in [2.45, 2.75) is 65.5 Å². The Morgan fingerprint density at radius 2 is 1.80 bits per heavy atom. The van der Waals surface area contributed by atoms with E-state index >= 15 is 0 Å². The number of amides is 1. The molecule has 0 radical (unpaired) electrons. The Morgan fingerprint density at radius 1 is 1.16 bits per heavy atom. The summed E-state index contributed by atoms with van der Waals surface area (Å²) in [5.74, 6) is 0.0752. The Balaban J connectivity index is 2.32. The first kappa shape index (κ1) is 19.2. The molecule has 136 valence electrons. The van der Waals surface area contributed by atoms with Crippen molar-refractivity contribution in [1.82, 2.24) is 4.90 Å². The molecule has 0 spiro atoms. The first-order valence-corrected chi connectivity index (χ1v) is 8.89. The molecule has 4 heteroatoms. The van der Waals surface area contributed by atoms with Crippen molar-refractivity contribution in [3.05, 3.63) is 47.0 Å². The molecule has 1 heterocycles. The number of nitrogens with zero attached hydrogens (tertiary/aromatic N) is 1. The summed E-state index contributed by atoms with van der Waals surface area (Å²) in [5, 5.41) is 0. The molecule has 1 aromatic carbocycles. The number of hydrogen-bond donors (Lipinski definition) is 0. The van der Waals surface area contributed by atoms with Crippen LogP contribution in [0.15, 0.2) is 41.5 Å². The Bertz CT molecular complexity index is 655. The molecule has 1 aromatic rings. The minimum absolute atomic E-state index is 0.0752. The van der Waals surface area contributed by atoms with Gasteiger partial charge in [0.25, 0.3) is 0 Å². The molecule has 1 aliphatic rings. The number of hydrogen-bond acceptors (Lipinski definition) is 3. The molecule has 4 nitrogen and oxygen atoms in total. The minimum Gasteiger partial charge on any atom is -0.444 e. The van der Waals surface area contributed by atoms with E-state index in [1.807, 2.05) is 65.0 Å². The highest BCUT2D eigenvalue weighted by Gasteiger charge is 2.34. The summed E-state index contributed by atoms with van der Waals surface area (Å²) in [7, 11) is 0. The van der Waals surface area contributed by atoms with Crippen LogP contribution in [0.2, 0.25) is 0 Å². The van der Waals surface area contributed by atoms with Crippen LogP contribution in [0.4, 0.5) is 4.79 Å². The summed E-state index contributed by atoms with van der Waals surface area (Å²) < 4.78 is 5.57. The predicted octanol–water partition coefficient (Wildman–Crippen LogP) is 4.53. The van der Waals surface area contributed by atoms with Gasteiger partial charge in [-0.05, 0) is 46.6 Å². The zero-order valence-electron chi connectivity index (χ0n) is 16.0. The number of Topliss-reactive ketones (excluding diaryl/α,β-unsaturated/α-hetero) is 1. The van der Waals surface area contributed by atoms with Gasteiger partial charge in [0.1, 0.15) is 5.60 Å². The van der Waals surface area contributed by atoms with Gasteiger partial charge in [-0.15, -0.1) is 0 Å². The Labute approximate surface area is 150 Å². The summed E-state index contributed by atoms with van der Waals surface area (Å²) in [5.41, 5.74) is 2.76. The summed E-state index contributed by atoms with van der Waals surface area (Å²) in [4.78, 5) is 27.3. The van der Waals surface area contributed by atoms with Crippen LogP contribution in [-0.2, 0) is 16.0 Å². The van der Waals surface area contributed by atoms with E-state index in [2.05, 4.69) is 0 Å². The molecule has 25 heavy (non-hydrogen) atoms. The van der Waals surface area contributed by atoms with Crippen LogP contribution in [0.25, 0.3) is 0 Å². The number of ketones is 1. The van der Waals surface area contributed by atoms with Gasteiger partial charge in [0, 0.05) is 19.4 Å². The Morgan fingerprint density at radius 3 is 2.40 bits per heavy atom. The van der Waals surface area contributed by atoms with E-state index in [1.54, 1.807) is 4.90 Å². The number of ether oxygens (including phenoxy) is 1. The number of benzene rings is 1. The Kier molecular flexibility index (Phi) is 6.04. The SMILES string of the molecule is C/C1=C(\C)CC(=O)[C@@H](Cc2ccccc2)N(C(=O)OC(C)(C)C)CC1. The topological polar surface area (TPSA) is 46.6 Å². The average Bonchev–Trinajstić information content (AvgIpc) is 2.52. The molecule has 0 aliphatic carbocycles. The van der Waals surface area contributed by atoms with Gasteiger partial charge < -0.3 is 4.74 Å². The minimum atomic E-state index is -0.583. The Hall–Kier alpha value is -2.10. The number of allylic oxidation sites excluding steroid dienone is 1. The van der Waals surface area contributed by atoms with E-state index in [0.29, 0.717) is 19.4 Å². The summed E-state index contributed by atoms with van der Waals surface area (Å²) >= 11 is 0. The number of carbonyl (C=O) groups is 2. The fourth-order valence-electron chi connectivity index (χ4n) is 2.96. The van der Waals surface area contributed by atoms with Crippen molar-refractivity contribution in [2.75, 3.05) is 6.54 Å². The predicted molar refractivity (Wildman–Crippen MR) is 99.5 cm³/mol. The van der Waals surface area contributed by atoms with Gasteiger partial charge in [-0.3, -0.25) is 9.69 Å². The standard InChI is InChI=1S/C21H29NO3/c1-15-11-12-22(20(24)25-21(3,4)5)18(19(23)13-16(15)2)14-17-9-7-6-8-10-17/h6-10,18H,11-14H2,1-5H3/b16-15-/t18-/m1/s1. The zero-order chi connectivity index (χ0) is 18.6. The maximum atomic E-state index is 12.9. The summed E-state index contributed by atoms with van der Waals surface area (Å²) in [6, 6.07) is 9.36. The quantitative estimate of drug-likeness (QED) is 0.741. The van der Waals surface area contributed by atoms with Gasteiger partial charge in [-0.2, -0.15) is 0 Å². The molecule has 0 bridgehead atoms. The second kappa shape index (κ2) is 7.85. The van der Waals surface area contributed by atoms with E-state index in [-0.39, 0.29) is 5.78 Å². The zero-order valence-corrected chi connectivity index (χ0v) is 16.0. The van der Waals surface area contributed by atoms with Crippen LogP contribution in [-0.4, -0.2) is 35.0 Å². The molecule has 0 fully saturated rings. The highest BCUT2D eigenvalue weighted by Crippen LogP contribution is 2.23. The first-order valence-electron chi connectivity index (χ1n) is 8.89.